The van der Waals surface area contributed by atoms with Gasteiger partial charge in [-0.25, -0.2) is 8.42 Å². The zero-order valence-electron chi connectivity index (χ0n) is 23.9. The number of aryl methyl sites for hydroxylation is 2. The second-order valence-corrected chi connectivity index (χ2v) is 12.3. The third-order valence-corrected chi connectivity index (χ3v) is 6.15. The number of nitrogen functional groups attached to an aromatic ring is 1. The van der Waals surface area contributed by atoms with E-state index >= 15 is 0 Å². The van der Waals surface area contributed by atoms with Crippen LogP contribution in [-0.2, 0) is 16.3 Å². The minimum absolute atomic E-state index is 0.110. The van der Waals surface area contributed by atoms with Crippen LogP contribution in [0.5, 0.6) is 5.75 Å². The molecule has 3 aromatic rings. The predicted octanol–water partition coefficient (Wildman–Crippen LogP) is 6.23. The molecule has 0 aromatic heterocycles. The third-order valence-electron chi connectivity index (χ3n) is 6.15. The average Bonchev–Trinajstić information content (AvgIpc) is 2.90. The number of nitrogens with zero attached hydrogens (tertiary/aromatic N) is 1. The summed E-state index contributed by atoms with van der Waals surface area (Å²) in [6.45, 7) is 12.4. The summed E-state index contributed by atoms with van der Waals surface area (Å²) in [6.07, 6.45) is 5.87. The largest absolute Gasteiger partial charge is 0.490 e. The maximum atomic E-state index is 9.63. The summed E-state index contributed by atoms with van der Waals surface area (Å²) in [4.78, 5) is 2.33. The van der Waals surface area contributed by atoms with Gasteiger partial charge in [0.1, 0.15) is 27.5 Å². The lowest BCUT2D eigenvalue weighted by Crippen LogP contribution is -2.36. The van der Waals surface area contributed by atoms with Crippen LogP contribution in [0.15, 0.2) is 85.1 Å². The molecule has 4 rings (SSSR count). The summed E-state index contributed by atoms with van der Waals surface area (Å²) < 4.78 is 25.2. The Kier molecular flexibility index (Phi) is 12.3. The lowest BCUT2D eigenvalue weighted by Gasteiger charge is -2.33. The molecule has 1 saturated heterocycles. The molecule has 0 amide bonds. The molecule has 3 aromatic carbocycles. The fraction of sp³-hybridized carbons (Fsp3) is 0.344. The van der Waals surface area contributed by atoms with Gasteiger partial charge in [0.05, 0.1) is 0 Å². The highest BCUT2D eigenvalue weighted by Crippen LogP contribution is 2.22. The van der Waals surface area contributed by atoms with Gasteiger partial charge in [0, 0.05) is 49.7 Å². The van der Waals surface area contributed by atoms with Gasteiger partial charge in [-0.15, -0.1) is 0 Å². The normalized spacial score (nSPS) is 13.3. The third kappa shape index (κ3) is 12.2. The zero-order chi connectivity index (χ0) is 29.0. The molecule has 1 aliphatic rings. The number of hydrogen-bond acceptors (Lipinski definition) is 5. The van der Waals surface area contributed by atoms with Crippen molar-refractivity contribution in [3.05, 3.63) is 102 Å². The molecule has 39 heavy (non-hydrogen) atoms. The van der Waals surface area contributed by atoms with E-state index in [9.17, 15) is 8.42 Å². The van der Waals surface area contributed by atoms with Crippen molar-refractivity contribution in [3.63, 3.8) is 0 Å². The SMILES string of the molecule is C=C(C)N1CCC(Oc2ccc(C)cc2)CC1.CCc1cccc(-c2cccc(C(=N)N)c2)c1.CS(C)(=O)=O. The Morgan fingerprint density at radius 2 is 1.54 bits per heavy atom. The number of nitrogens with two attached hydrogens (primary N) is 1. The van der Waals surface area contributed by atoms with Crippen LogP contribution in [0.2, 0.25) is 0 Å². The molecule has 0 unspecified atom stereocenters. The van der Waals surface area contributed by atoms with Crippen LogP contribution in [0.25, 0.3) is 11.1 Å². The summed E-state index contributed by atoms with van der Waals surface area (Å²) >= 11 is 0. The quantitative estimate of drug-likeness (QED) is 0.281. The second kappa shape index (κ2) is 15.1. The summed E-state index contributed by atoms with van der Waals surface area (Å²) in [6, 6.07) is 24.5. The standard InChI is InChI=1S/C15H16N2.C15H21NO.C2H6O2S/c1-2-11-5-3-6-12(9-11)13-7-4-8-14(10-13)15(16)17;1-12(2)16-10-8-15(9-11-16)17-14-6-4-13(3)5-7-14;1-5(2,3)4/h3-10H,2H2,1H3,(H3,16,17);4-7,15H,1,8-11H2,2-3H3;1-2H3. The molecule has 3 N–H and O–H groups in total. The van der Waals surface area contributed by atoms with Crippen LogP contribution in [-0.4, -0.2) is 50.9 Å². The molecular weight excluding hydrogens is 506 g/mol. The first-order valence-corrected chi connectivity index (χ1v) is 15.5. The number of ether oxygens (including phenoxy) is 1. The highest BCUT2D eigenvalue weighted by atomic mass is 32.2. The Hall–Kier alpha value is -3.58. The molecule has 0 aliphatic carbocycles. The van der Waals surface area contributed by atoms with E-state index in [1.165, 1.54) is 22.4 Å². The van der Waals surface area contributed by atoms with Gasteiger partial charge in [0.2, 0.25) is 0 Å². The molecule has 0 spiro atoms. The van der Waals surface area contributed by atoms with Crippen LogP contribution in [0.4, 0.5) is 0 Å². The van der Waals surface area contributed by atoms with Crippen molar-refractivity contribution in [3.8, 4) is 16.9 Å². The van der Waals surface area contributed by atoms with Crippen molar-refractivity contribution in [1.82, 2.24) is 4.90 Å². The molecule has 1 aliphatic heterocycles. The Morgan fingerprint density at radius 1 is 1.00 bits per heavy atom. The molecule has 1 fully saturated rings. The second-order valence-electron chi connectivity index (χ2n) is 10.0. The van der Waals surface area contributed by atoms with Gasteiger partial charge in [0.25, 0.3) is 0 Å². The summed E-state index contributed by atoms with van der Waals surface area (Å²) in [5, 5.41) is 7.45. The van der Waals surface area contributed by atoms with Gasteiger partial charge >= 0.3 is 0 Å². The van der Waals surface area contributed by atoms with Crippen LogP contribution in [0.3, 0.4) is 0 Å². The van der Waals surface area contributed by atoms with Gasteiger partial charge in [0.15, 0.2) is 0 Å². The van der Waals surface area contributed by atoms with Gasteiger partial charge in [-0.1, -0.05) is 73.7 Å². The van der Waals surface area contributed by atoms with Gasteiger partial charge in [-0.05, 0) is 55.2 Å². The maximum Gasteiger partial charge on any atom is 0.144 e. The molecule has 7 heteroatoms. The molecule has 0 radical (unpaired) electrons. The van der Waals surface area contributed by atoms with E-state index < -0.39 is 9.84 Å². The van der Waals surface area contributed by atoms with Crippen LogP contribution >= 0.6 is 0 Å². The lowest BCUT2D eigenvalue weighted by molar-refractivity contribution is 0.118. The number of rotatable bonds is 6. The first kappa shape index (κ1) is 31.6. The lowest BCUT2D eigenvalue weighted by atomic mass is 10.00. The summed E-state index contributed by atoms with van der Waals surface area (Å²) in [5.74, 6) is 1.10. The van der Waals surface area contributed by atoms with Crippen molar-refractivity contribution in [1.29, 1.82) is 5.41 Å². The summed E-state index contributed by atoms with van der Waals surface area (Å²) in [7, 11) is -2.67. The Morgan fingerprint density at radius 3 is 2.05 bits per heavy atom. The highest BCUT2D eigenvalue weighted by molar-refractivity contribution is 7.89. The number of hydrogen-bond donors (Lipinski definition) is 2. The molecule has 6 nitrogen and oxygen atoms in total. The van der Waals surface area contributed by atoms with E-state index in [2.05, 4.69) is 80.8 Å². The maximum absolute atomic E-state index is 9.63. The fourth-order valence-electron chi connectivity index (χ4n) is 4.00. The van der Waals surface area contributed by atoms with Gasteiger partial charge < -0.3 is 15.4 Å². The molecule has 210 valence electrons. The van der Waals surface area contributed by atoms with Crippen molar-refractivity contribution in [2.75, 3.05) is 25.6 Å². The van der Waals surface area contributed by atoms with Crippen LogP contribution < -0.4 is 10.5 Å². The van der Waals surface area contributed by atoms with E-state index in [-0.39, 0.29) is 5.84 Å². The Bertz CT molecular complexity index is 1320. The molecule has 0 bridgehead atoms. The van der Waals surface area contributed by atoms with Crippen molar-refractivity contribution < 1.29 is 13.2 Å². The van der Waals surface area contributed by atoms with Crippen LogP contribution in [0, 0.1) is 12.3 Å². The van der Waals surface area contributed by atoms with Crippen molar-refractivity contribution in [2.45, 2.75) is 46.1 Å². The molecule has 1 heterocycles. The van der Waals surface area contributed by atoms with Crippen LogP contribution in [0.1, 0.15) is 43.4 Å². The van der Waals surface area contributed by atoms with E-state index in [0.29, 0.717) is 6.10 Å². The average molecular weight is 550 g/mol. The molecular formula is C32H43N3O3S. The van der Waals surface area contributed by atoms with E-state index in [1.807, 2.05) is 24.3 Å². The zero-order valence-corrected chi connectivity index (χ0v) is 24.7. The van der Waals surface area contributed by atoms with Crippen molar-refractivity contribution >= 4 is 15.7 Å². The number of amidine groups is 1. The van der Waals surface area contributed by atoms with E-state index in [4.69, 9.17) is 15.9 Å². The topological polar surface area (TPSA) is 96.5 Å². The smallest absolute Gasteiger partial charge is 0.144 e. The fourth-order valence-corrected chi connectivity index (χ4v) is 4.00. The number of benzene rings is 3. The predicted molar refractivity (Wildman–Crippen MR) is 164 cm³/mol. The first-order valence-electron chi connectivity index (χ1n) is 13.2. The van der Waals surface area contributed by atoms with Crippen molar-refractivity contribution in [2.24, 2.45) is 5.73 Å². The monoisotopic (exact) mass is 549 g/mol. The van der Waals surface area contributed by atoms with E-state index in [1.54, 1.807) is 0 Å². The Balaban J connectivity index is 0.000000234. The minimum atomic E-state index is -2.67. The molecule has 0 atom stereocenters. The Labute approximate surface area is 234 Å². The number of nitrogens with one attached hydrogen (secondary N) is 1. The molecule has 0 saturated carbocycles. The number of likely N-dealkylation sites (tertiary alicyclic amines) is 1. The number of sulfone groups is 1. The van der Waals surface area contributed by atoms with Gasteiger partial charge in [-0.3, -0.25) is 5.41 Å². The van der Waals surface area contributed by atoms with Gasteiger partial charge in [-0.2, -0.15) is 0 Å². The first-order chi connectivity index (χ1) is 18.4. The summed E-state index contributed by atoms with van der Waals surface area (Å²) in [5.41, 5.74) is 12.3. The minimum Gasteiger partial charge on any atom is -0.490 e. The highest BCUT2D eigenvalue weighted by Gasteiger charge is 2.19. The number of allylic oxidation sites excluding steroid dienone is 1. The number of piperidine rings is 1. The van der Waals surface area contributed by atoms with E-state index in [0.717, 1.165) is 61.7 Å².